The predicted molar refractivity (Wildman–Crippen MR) is 149 cm³/mol. The molecule has 1 unspecified atom stereocenters. The van der Waals surface area contributed by atoms with Gasteiger partial charge in [0.1, 0.15) is 18.1 Å². The van der Waals surface area contributed by atoms with Crippen molar-refractivity contribution in [2.75, 3.05) is 14.2 Å². The van der Waals surface area contributed by atoms with Crippen molar-refractivity contribution in [1.29, 1.82) is 0 Å². The van der Waals surface area contributed by atoms with Gasteiger partial charge in [-0.15, -0.1) is 0 Å². The van der Waals surface area contributed by atoms with Crippen LogP contribution in [0.4, 0.5) is 0 Å². The highest BCUT2D eigenvalue weighted by Crippen LogP contribution is 2.39. The summed E-state index contributed by atoms with van der Waals surface area (Å²) >= 11 is 6.69. The lowest BCUT2D eigenvalue weighted by atomic mass is 9.80. The summed E-state index contributed by atoms with van der Waals surface area (Å²) in [5.41, 5.74) is 2.39. The fourth-order valence-electron chi connectivity index (χ4n) is 5.28. The van der Waals surface area contributed by atoms with Gasteiger partial charge in [-0.25, -0.2) is 4.98 Å². The van der Waals surface area contributed by atoms with Crippen LogP contribution in [0, 0.1) is 5.92 Å². The van der Waals surface area contributed by atoms with E-state index < -0.39 is 0 Å². The van der Waals surface area contributed by atoms with E-state index in [1.54, 1.807) is 13.3 Å². The lowest BCUT2D eigenvalue weighted by Crippen LogP contribution is -2.32. The minimum absolute atomic E-state index is 0.148. The van der Waals surface area contributed by atoms with Gasteiger partial charge in [0.15, 0.2) is 0 Å². The third-order valence-corrected chi connectivity index (χ3v) is 7.56. The Kier molecular flexibility index (Phi) is 8.12. The third-order valence-electron chi connectivity index (χ3n) is 7.27. The van der Waals surface area contributed by atoms with E-state index in [0.29, 0.717) is 29.5 Å². The van der Waals surface area contributed by atoms with E-state index in [0.717, 1.165) is 53.5 Å². The molecule has 0 amide bonds. The molecule has 1 aliphatic carbocycles. The molecule has 4 aromatic rings. The fourth-order valence-corrected chi connectivity index (χ4v) is 5.49. The molecule has 192 valence electrons. The lowest BCUT2D eigenvalue weighted by Gasteiger charge is -2.34. The van der Waals surface area contributed by atoms with Crippen LogP contribution in [0.15, 0.2) is 79.0 Å². The summed E-state index contributed by atoms with van der Waals surface area (Å²) in [4.78, 5) is 4.44. The zero-order valence-electron chi connectivity index (χ0n) is 21.3. The molecule has 1 aliphatic rings. The van der Waals surface area contributed by atoms with Gasteiger partial charge in [0.2, 0.25) is 5.88 Å². The first-order chi connectivity index (χ1) is 18.1. The van der Waals surface area contributed by atoms with E-state index in [9.17, 15) is 0 Å². The van der Waals surface area contributed by atoms with E-state index in [4.69, 9.17) is 25.8 Å². The molecule has 0 bridgehead atoms. The largest absolute Gasteiger partial charge is 0.497 e. The normalized spacial score (nSPS) is 18.4. The highest BCUT2D eigenvalue weighted by atomic mass is 35.5. The Bertz CT molecular complexity index is 1310. The van der Waals surface area contributed by atoms with Gasteiger partial charge in [-0.05, 0) is 85.5 Å². The number of pyridine rings is 1. The standard InChI is InChI=1S/C31H33ClN2O3/c1-33-30(22-8-12-25(35-2)13-9-22)23-10-14-26(15-11-23)37-29-18-24-16-17-34-31(27(24)19-28(29)32)36-20-21-6-4-3-5-7-21/h3-9,12-13,16-19,23,26,30,33H,10-11,14-15,20H2,1-2H3. The summed E-state index contributed by atoms with van der Waals surface area (Å²) in [6.07, 6.45) is 6.09. The van der Waals surface area contributed by atoms with Gasteiger partial charge in [-0.1, -0.05) is 54.1 Å². The first kappa shape index (κ1) is 25.4. The van der Waals surface area contributed by atoms with Gasteiger partial charge in [0, 0.05) is 17.6 Å². The SMILES string of the molecule is CNC(c1ccc(OC)cc1)C1CCC(Oc2cc3ccnc(OCc4ccccc4)c3cc2Cl)CC1. The highest BCUT2D eigenvalue weighted by Gasteiger charge is 2.29. The number of rotatable bonds is 9. The van der Waals surface area contributed by atoms with Crippen LogP contribution in [0.5, 0.6) is 17.4 Å². The van der Waals surface area contributed by atoms with Crippen molar-refractivity contribution in [3.05, 3.63) is 95.1 Å². The quantitative estimate of drug-likeness (QED) is 0.251. The van der Waals surface area contributed by atoms with E-state index >= 15 is 0 Å². The van der Waals surface area contributed by atoms with Crippen LogP contribution in [0.2, 0.25) is 5.02 Å². The molecule has 5 nitrogen and oxygen atoms in total. The second-order valence-corrected chi connectivity index (χ2v) is 10.00. The Balaban J connectivity index is 1.23. The number of methoxy groups -OCH3 is 1. The molecular weight excluding hydrogens is 484 g/mol. The van der Waals surface area contributed by atoms with Gasteiger partial charge >= 0.3 is 0 Å². The number of hydrogen-bond donors (Lipinski definition) is 1. The van der Waals surface area contributed by atoms with Gasteiger partial charge in [0.25, 0.3) is 0 Å². The number of nitrogens with zero attached hydrogens (tertiary/aromatic N) is 1. The molecule has 1 fully saturated rings. The highest BCUT2D eigenvalue weighted by molar-refractivity contribution is 6.33. The maximum absolute atomic E-state index is 6.69. The number of benzene rings is 3. The minimum atomic E-state index is 0.148. The fraction of sp³-hybridized carbons (Fsp3) is 0.323. The molecule has 0 radical (unpaired) electrons. The average molecular weight is 517 g/mol. The molecular formula is C31H33ClN2O3. The first-order valence-corrected chi connectivity index (χ1v) is 13.2. The Morgan fingerprint density at radius 1 is 0.973 bits per heavy atom. The van der Waals surface area contributed by atoms with Crippen molar-refractivity contribution in [1.82, 2.24) is 10.3 Å². The molecule has 0 spiro atoms. The Hall–Kier alpha value is -3.28. The summed E-state index contributed by atoms with van der Waals surface area (Å²) in [7, 11) is 3.74. The summed E-state index contributed by atoms with van der Waals surface area (Å²) in [6.45, 7) is 0.455. The molecule has 1 saturated carbocycles. The Morgan fingerprint density at radius 2 is 1.73 bits per heavy atom. The molecule has 1 heterocycles. The molecule has 3 aromatic carbocycles. The van der Waals surface area contributed by atoms with Crippen LogP contribution in [-0.4, -0.2) is 25.2 Å². The number of fused-ring (bicyclic) bond motifs is 1. The van der Waals surface area contributed by atoms with E-state index in [1.165, 1.54) is 5.56 Å². The van der Waals surface area contributed by atoms with Gasteiger partial charge < -0.3 is 19.5 Å². The van der Waals surface area contributed by atoms with Crippen LogP contribution < -0.4 is 19.5 Å². The molecule has 37 heavy (non-hydrogen) atoms. The Morgan fingerprint density at radius 3 is 2.43 bits per heavy atom. The van der Waals surface area contributed by atoms with Crippen LogP contribution >= 0.6 is 11.6 Å². The Labute approximate surface area is 223 Å². The number of halogens is 1. The number of ether oxygens (including phenoxy) is 3. The van der Waals surface area contributed by atoms with Crippen LogP contribution in [-0.2, 0) is 6.61 Å². The number of aromatic nitrogens is 1. The molecule has 1 N–H and O–H groups in total. The average Bonchev–Trinajstić information content (AvgIpc) is 2.94. The monoisotopic (exact) mass is 516 g/mol. The minimum Gasteiger partial charge on any atom is -0.497 e. The van der Waals surface area contributed by atoms with Crippen molar-refractivity contribution in [3.63, 3.8) is 0 Å². The van der Waals surface area contributed by atoms with Crippen molar-refractivity contribution >= 4 is 22.4 Å². The summed E-state index contributed by atoms with van der Waals surface area (Å²) in [6, 6.07) is 24.6. The maximum Gasteiger partial charge on any atom is 0.221 e. The van der Waals surface area contributed by atoms with Crippen LogP contribution in [0.3, 0.4) is 0 Å². The number of hydrogen-bond acceptors (Lipinski definition) is 5. The van der Waals surface area contributed by atoms with E-state index in [1.807, 2.05) is 67.7 Å². The second-order valence-electron chi connectivity index (χ2n) is 9.59. The van der Waals surface area contributed by atoms with E-state index in [-0.39, 0.29) is 6.10 Å². The molecule has 0 saturated heterocycles. The van der Waals surface area contributed by atoms with Crippen LogP contribution in [0.1, 0.15) is 42.9 Å². The third kappa shape index (κ3) is 6.00. The summed E-state index contributed by atoms with van der Waals surface area (Å²) in [5.74, 6) is 2.74. The lowest BCUT2D eigenvalue weighted by molar-refractivity contribution is 0.119. The second kappa shape index (κ2) is 11.8. The molecule has 6 heteroatoms. The van der Waals surface area contributed by atoms with Gasteiger partial charge in [-0.2, -0.15) is 0 Å². The summed E-state index contributed by atoms with van der Waals surface area (Å²) < 4.78 is 17.8. The zero-order chi connectivity index (χ0) is 25.6. The van der Waals surface area contributed by atoms with Gasteiger partial charge in [0.05, 0.1) is 18.2 Å². The zero-order valence-corrected chi connectivity index (χ0v) is 22.1. The molecule has 5 rings (SSSR count). The number of nitrogens with one attached hydrogen (secondary N) is 1. The predicted octanol–water partition coefficient (Wildman–Crippen LogP) is 7.37. The van der Waals surface area contributed by atoms with Crippen molar-refractivity contribution in [2.24, 2.45) is 5.92 Å². The maximum atomic E-state index is 6.69. The topological polar surface area (TPSA) is 52.6 Å². The van der Waals surface area contributed by atoms with Crippen molar-refractivity contribution < 1.29 is 14.2 Å². The smallest absolute Gasteiger partial charge is 0.221 e. The molecule has 1 atom stereocenters. The van der Waals surface area contributed by atoms with E-state index in [2.05, 4.69) is 22.4 Å². The van der Waals surface area contributed by atoms with Crippen molar-refractivity contribution in [3.8, 4) is 17.4 Å². The first-order valence-electron chi connectivity index (χ1n) is 12.9. The molecule has 1 aromatic heterocycles. The van der Waals surface area contributed by atoms with Gasteiger partial charge in [-0.3, -0.25) is 0 Å². The van der Waals surface area contributed by atoms with Crippen molar-refractivity contribution in [2.45, 2.75) is 44.4 Å². The van der Waals surface area contributed by atoms with Crippen LogP contribution in [0.25, 0.3) is 10.8 Å². The summed E-state index contributed by atoms with van der Waals surface area (Å²) in [5, 5.41) is 5.99. The molecule has 0 aliphatic heterocycles.